The van der Waals surface area contributed by atoms with Gasteiger partial charge in [-0.25, -0.2) is 9.59 Å². The number of esters is 1. The number of nitrogens with one attached hydrogen (secondary N) is 1. The fourth-order valence-electron chi connectivity index (χ4n) is 5.06. The van der Waals surface area contributed by atoms with Gasteiger partial charge < -0.3 is 10.1 Å². The molecule has 6 nitrogen and oxygen atoms in total. The lowest BCUT2D eigenvalue weighted by Gasteiger charge is -2.39. The molecular weight excluding hydrogens is 426 g/mol. The van der Waals surface area contributed by atoms with Crippen LogP contribution in [0, 0.1) is 5.92 Å². The topological polar surface area (TPSA) is 61.9 Å². The van der Waals surface area contributed by atoms with Crippen LogP contribution in [0.5, 0.6) is 0 Å². The number of piperidine rings is 1. The highest BCUT2D eigenvalue weighted by Gasteiger charge is 2.38. The van der Waals surface area contributed by atoms with Crippen molar-refractivity contribution >= 4 is 12.0 Å². The second kappa shape index (κ2) is 11.3. The highest BCUT2D eigenvalue weighted by molar-refractivity contribution is 5.95. The molecule has 34 heavy (non-hydrogen) atoms. The average Bonchev–Trinajstić information content (AvgIpc) is 2.86. The molecular formula is C28H35N3O3. The molecule has 2 amide bonds. The summed E-state index contributed by atoms with van der Waals surface area (Å²) >= 11 is 0. The molecule has 180 valence electrons. The molecule has 1 N–H and O–H groups in total. The summed E-state index contributed by atoms with van der Waals surface area (Å²) in [5, 5.41) is 3.03. The Bertz CT molecular complexity index is 998. The number of carbonyl (C=O) groups excluding carboxylic acids is 2. The van der Waals surface area contributed by atoms with Gasteiger partial charge in [0.05, 0.1) is 18.2 Å². The Morgan fingerprint density at radius 3 is 2.26 bits per heavy atom. The van der Waals surface area contributed by atoms with Crippen molar-refractivity contribution in [2.75, 3.05) is 32.8 Å². The number of rotatable bonds is 8. The van der Waals surface area contributed by atoms with Gasteiger partial charge >= 0.3 is 12.0 Å². The van der Waals surface area contributed by atoms with Crippen molar-refractivity contribution in [1.29, 1.82) is 0 Å². The quantitative estimate of drug-likeness (QED) is 0.586. The van der Waals surface area contributed by atoms with E-state index in [0.29, 0.717) is 31.2 Å². The molecule has 4 rings (SSSR count). The smallest absolute Gasteiger partial charge is 0.338 e. The fourth-order valence-corrected chi connectivity index (χ4v) is 5.06. The van der Waals surface area contributed by atoms with Gasteiger partial charge in [-0.2, -0.15) is 0 Å². The van der Waals surface area contributed by atoms with Crippen LogP contribution in [0.3, 0.4) is 0 Å². The lowest BCUT2D eigenvalue weighted by Crippen LogP contribution is -2.51. The normalized spacial score (nSPS) is 19.8. The van der Waals surface area contributed by atoms with Crippen LogP contribution in [0.15, 0.2) is 71.9 Å². The maximum atomic E-state index is 13.2. The molecule has 1 atom stereocenters. The minimum absolute atomic E-state index is 0.168. The van der Waals surface area contributed by atoms with Crippen molar-refractivity contribution in [3.63, 3.8) is 0 Å². The summed E-state index contributed by atoms with van der Waals surface area (Å²) in [6.07, 6.45) is 3.32. The number of likely N-dealkylation sites (tertiary alicyclic amines) is 1. The van der Waals surface area contributed by atoms with E-state index in [-0.39, 0.29) is 12.0 Å². The van der Waals surface area contributed by atoms with Gasteiger partial charge in [0, 0.05) is 18.8 Å². The van der Waals surface area contributed by atoms with E-state index < -0.39 is 6.04 Å². The van der Waals surface area contributed by atoms with Crippen molar-refractivity contribution in [2.24, 2.45) is 5.92 Å². The third-order valence-electron chi connectivity index (χ3n) is 6.83. The molecule has 0 radical (unpaired) electrons. The molecule has 2 heterocycles. The summed E-state index contributed by atoms with van der Waals surface area (Å²) < 4.78 is 5.47. The van der Waals surface area contributed by atoms with E-state index in [0.717, 1.165) is 43.6 Å². The summed E-state index contributed by atoms with van der Waals surface area (Å²) in [6, 6.07) is 19.6. The standard InChI is InChI=1S/C28H35N3O3/c1-3-31-24(20-30-17-15-22(16-18-30)19-21-11-7-5-8-12-21)25(27(32)34-4-2)26(29-28(31)33)23-13-9-6-10-14-23/h5-14,22,26H,3-4,15-20H2,1-2H3,(H,29,33)/t26-/m0/s1. The van der Waals surface area contributed by atoms with Gasteiger partial charge in [0.15, 0.2) is 0 Å². The van der Waals surface area contributed by atoms with Gasteiger partial charge in [-0.1, -0.05) is 60.7 Å². The van der Waals surface area contributed by atoms with Crippen LogP contribution < -0.4 is 5.32 Å². The molecule has 2 aromatic rings. The summed E-state index contributed by atoms with van der Waals surface area (Å²) in [5.74, 6) is 0.301. The Kier molecular flexibility index (Phi) is 8.01. The molecule has 0 unspecified atom stereocenters. The van der Waals surface area contributed by atoms with Gasteiger partial charge in [-0.15, -0.1) is 0 Å². The van der Waals surface area contributed by atoms with E-state index in [4.69, 9.17) is 4.74 Å². The third-order valence-corrected chi connectivity index (χ3v) is 6.83. The Balaban J connectivity index is 1.56. The van der Waals surface area contributed by atoms with Crippen LogP contribution >= 0.6 is 0 Å². The van der Waals surface area contributed by atoms with Gasteiger partial charge in [-0.05, 0) is 63.2 Å². The van der Waals surface area contributed by atoms with E-state index >= 15 is 0 Å². The fraction of sp³-hybridized carbons (Fsp3) is 0.429. The molecule has 0 aromatic heterocycles. The minimum Gasteiger partial charge on any atom is -0.463 e. The molecule has 2 aliphatic rings. The van der Waals surface area contributed by atoms with Gasteiger partial charge in [0.25, 0.3) is 0 Å². The second-order valence-electron chi connectivity index (χ2n) is 9.03. The first kappa shape index (κ1) is 24.0. The first-order valence-corrected chi connectivity index (χ1v) is 12.4. The van der Waals surface area contributed by atoms with E-state index in [1.54, 1.807) is 4.90 Å². The number of hydrogen-bond donors (Lipinski definition) is 1. The molecule has 1 saturated heterocycles. The first-order valence-electron chi connectivity index (χ1n) is 12.4. The first-order chi connectivity index (χ1) is 16.6. The van der Waals surface area contributed by atoms with Crippen LogP contribution in [0.1, 0.15) is 43.9 Å². The number of nitrogens with zero attached hydrogens (tertiary/aromatic N) is 2. The number of hydrogen-bond acceptors (Lipinski definition) is 4. The maximum absolute atomic E-state index is 13.2. The predicted molar refractivity (Wildman–Crippen MR) is 133 cm³/mol. The number of ether oxygens (including phenoxy) is 1. The second-order valence-corrected chi connectivity index (χ2v) is 9.03. The lowest BCUT2D eigenvalue weighted by atomic mass is 9.89. The zero-order valence-corrected chi connectivity index (χ0v) is 20.2. The Hall–Kier alpha value is -3.12. The summed E-state index contributed by atoms with van der Waals surface area (Å²) in [4.78, 5) is 30.3. The molecule has 2 aromatic carbocycles. The molecule has 0 aliphatic carbocycles. The molecule has 0 saturated carbocycles. The van der Waals surface area contributed by atoms with Crippen LogP contribution in [0.25, 0.3) is 0 Å². The zero-order chi connectivity index (χ0) is 23.9. The van der Waals surface area contributed by atoms with Crippen molar-refractivity contribution in [3.8, 4) is 0 Å². The molecule has 6 heteroatoms. The monoisotopic (exact) mass is 461 g/mol. The van der Waals surface area contributed by atoms with Crippen molar-refractivity contribution in [2.45, 2.75) is 39.2 Å². The largest absolute Gasteiger partial charge is 0.463 e. The van der Waals surface area contributed by atoms with Gasteiger partial charge in [0.1, 0.15) is 0 Å². The SMILES string of the molecule is CCOC(=O)C1=C(CN2CCC(Cc3ccccc3)CC2)N(CC)C(=O)N[C@H]1c1ccccc1. The van der Waals surface area contributed by atoms with Crippen molar-refractivity contribution in [3.05, 3.63) is 83.1 Å². The number of urea groups is 1. The Morgan fingerprint density at radius 2 is 1.65 bits per heavy atom. The van der Waals surface area contributed by atoms with Crippen LogP contribution in [-0.4, -0.2) is 54.6 Å². The van der Waals surface area contributed by atoms with Crippen LogP contribution in [-0.2, 0) is 16.0 Å². The summed E-state index contributed by atoms with van der Waals surface area (Å²) in [7, 11) is 0. The van der Waals surface area contributed by atoms with Gasteiger partial charge in [0.2, 0.25) is 0 Å². The highest BCUT2D eigenvalue weighted by Crippen LogP contribution is 2.33. The summed E-state index contributed by atoms with van der Waals surface area (Å²) in [6.45, 7) is 7.01. The molecule has 2 aliphatic heterocycles. The average molecular weight is 462 g/mol. The minimum atomic E-state index is -0.513. The molecule has 1 fully saturated rings. The van der Waals surface area contributed by atoms with Crippen molar-refractivity contribution < 1.29 is 14.3 Å². The van der Waals surface area contributed by atoms with E-state index in [2.05, 4.69) is 40.5 Å². The van der Waals surface area contributed by atoms with Gasteiger partial charge in [-0.3, -0.25) is 9.80 Å². The van der Waals surface area contributed by atoms with E-state index in [9.17, 15) is 9.59 Å². The van der Waals surface area contributed by atoms with E-state index in [1.807, 2.05) is 44.2 Å². The summed E-state index contributed by atoms with van der Waals surface area (Å²) in [5.41, 5.74) is 3.58. The van der Waals surface area contributed by atoms with Crippen molar-refractivity contribution in [1.82, 2.24) is 15.1 Å². The molecule has 0 bridgehead atoms. The lowest BCUT2D eigenvalue weighted by molar-refractivity contribution is -0.139. The maximum Gasteiger partial charge on any atom is 0.338 e. The van der Waals surface area contributed by atoms with Crippen LogP contribution in [0.2, 0.25) is 0 Å². The Labute approximate surface area is 202 Å². The third kappa shape index (κ3) is 5.50. The molecule has 0 spiro atoms. The van der Waals surface area contributed by atoms with Crippen LogP contribution in [0.4, 0.5) is 4.79 Å². The van der Waals surface area contributed by atoms with E-state index in [1.165, 1.54) is 5.56 Å². The number of benzene rings is 2. The highest BCUT2D eigenvalue weighted by atomic mass is 16.5. The number of carbonyl (C=O) groups is 2. The predicted octanol–water partition coefficient (Wildman–Crippen LogP) is 4.54. The zero-order valence-electron chi connectivity index (χ0n) is 20.2. The Morgan fingerprint density at radius 1 is 1.00 bits per heavy atom. The number of amides is 2. The number of likely N-dealkylation sites (N-methyl/N-ethyl adjacent to an activating group) is 1.